The Balaban J connectivity index is 2.64. The molecular formula is C15H15NO. The number of benzene rings is 2. The summed E-state index contributed by atoms with van der Waals surface area (Å²) in [5.41, 5.74) is 6.63. The summed E-state index contributed by atoms with van der Waals surface area (Å²) in [5.74, 6) is 6.95. The number of hydrogen-bond donors (Lipinski definition) is 1. The van der Waals surface area contributed by atoms with Crippen LogP contribution in [0.2, 0.25) is 0 Å². The first-order chi connectivity index (χ1) is 8.22. The molecule has 0 heterocycles. The van der Waals surface area contributed by atoms with Crippen molar-refractivity contribution < 1.29 is 4.74 Å². The lowest BCUT2D eigenvalue weighted by Crippen LogP contribution is -2.10. The normalized spacial score (nSPS) is 11.7. The van der Waals surface area contributed by atoms with Crippen LogP contribution in [0.15, 0.2) is 36.4 Å². The largest absolute Gasteiger partial charge is 0.496 e. The second kappa shape index (κ2) is 4.90. The summed E-state index contributed by atoms with van der Waals surface area (Å²) < 4.78 is 5.34. The molecule has 1 atom stereocenters. The SMILES string of the molecule is COc1ccc(C#CC(C)N)c2ccccc12. The van der Waals surface area contributed by atoms with Crippen molar-refractivity contribution >= 4 is 10.8 Å². The number of hydrogen-bond acceptors (Lipinski definition) is 2. The molecule has 0 saturated carbocycles. The summed E-state index contributed by atoms with van der Waals surface area (Å²) in [6.07, 6.45) is 0. The first-order valence-electron chi connectivity index (χ1n) is 5.55. The molecule has 0 saturated heterocycles. The van der Waals surface area contributed by atoms with Crippen molar-refractivity contribution in [1.29, 1.82) is 0 Å². The van der Waals surface area contributed by atoms with Crippen LogP contribution in [0.1, 0.15) is 12.5 Å². The molecule has 86 valence electrons. The quantitative estimate of drug-likeness (QED) is 0.757. The molecule has 2 nitrogen and oxygen atoms in total. The van der Waals surface area contributed by atoms with Gasteiger partial charge >= 0.3 is 0 Å². The number of rotatable bonds is 1. The van der Waals surface area contributed by atoms with Gasteiger partial charge in [-0.1, -0.05) is 36.1 Å². The van der Waals surface area contributed by atoms with Gasteiger partial charge in [0, 0.05) is 16.3 Å². The Morgan fingerprint density at radius 3 is 2.47 bits per heavy atom. The molecule has 0 aliphatic carbocycles. The van der Waals surface area contributed by atoms with Gasteiger partial charge in [0.1, 0.15) is 5.75 Å². The van der Waals surface area contributed by atoms with Gasteiger partial charge in [-0.15, -0.1) is 0 Å². The van der Waals surface area contributed by atoms with E-state index in [1.54, 1.807) is 7.11 Å². The van der Waals surface area contributed by atoms with E-state index in [9.17, 15) is 0 Å². The number of ether oxygens (including phenoxy) is 1. The van der Waals surface area contributed by atoms with Gasteiger partial charge in [-0.25, -0.2) is 0 Å². The minimum atomic E-state index is -0.115. The van der Waals surface area contributed by atoms with E-state index in [1.807, 2.05) is 43.3 Å². The topological polar surface area (TPSA) is 35.2 Å². The van der Waals surface area contributed by atoms with Crippen LogP contribution >= 0.6 is 0 Å². The monoisotopic (exact) mass is 225 g/mol. The van der Waals surface area contributed by atoms with Crippen molar-refractivity contribution in [3.8, 4) is 17.6 Å². The smallest absolute Gasteiger partial charge is 0.126 e. The minimum Gasteiger partial charge on any atom is -0.496 e. The third kappa shape index (κ3) is 2.41. The summed E-state index contributed by atoms with van der Waals surface area (Å²) in [6.45, 7) is 1.87. The predicted octanol–water partition coefficient (Wildman–Crippen LogP) is 2.55. The van der Waals surface area contributed by atoms with Gasteiger partial charge in [0.25, 0.3) is 0 Å². The van der Waals surface area contributed by atoms with Gasteiger partial charge in [0.2, 0.25) is 0 Å². The average Bonchev–Trinajstić information content (AvgIpc) is 2.35. The number of fused-ring (bicyclic) bond motifs is 1. The molecule has 2 rings (SSSR count). The van der Waals surface area contributed by atoms with Crippen molar-refractivity contribution in [3.05, 3.63) is 42.0 Å². The first-order valence-corrected chi connectivity index (χ1v) is 5.55. The Bertz CT molecular complexity index is 591. The Labute approximate surface area is 101 Å². The van der Waals surface area contributed by atoms with Crippen molar-refractivity contribution in [2.24, 2.45) is 5.73 Å². The van der Waals surface area contributed by atoms with Gasteiger partial charge in [-0.2, -0.15) is 0 Å². The second-order valence-corrected chi connectivity index (χ2v) is 3.92. The van der Waals surface area contributed by atoms with Crippen LogP contribution in [-0.2, 0) is 0 Å². The Morgan fingerprint density at radius 1 is 1.12 bits per heavy atom. The molecule has 0 amide bonds. The Hall–Kier alpha value is -1.98. The molecule has 0 fully saturated rings. The molecule has 1 unspecified atom stereocenters. The molecule has 0 radical (unpaired) electrons. The fraction of sp³-hybridized carbons (Fsp3) is 0.200. The van der Waals surface area contributed by atoms with E-state index < -0.39 is 0 Å². The predicted molar refractivity (Wildman–Crippen MR) is 71.0 cm³/mol. The molecule has 2 N–H and O–H groups in total. The Morgan fingerprint density at radius 2 is 1.82 bits per heavy atom. The highest BCUT2D eigenvalue weighted by Gasteiger charge is 2.03. The summed E-state index contributed by atoms with van der Waals surface area (Å²) in [4.78, 5) is 0. The van der Waals surface area contributed by atoms with E-state index in [0.717, 1.165) is 22.1 Å². The van der Waals surface area contributed by atoms with Crippen molar-refractivity contribution in [2.45, 2.75) is 13.0 Å². The minimum absolute atomic E-state index is 0.115. The molecule has 2 aromatic carbocycles. The first kappa shape index (κ1) is 11.5. The van der Waals surface area contributed by atoms with Gasteiger partial charge in [0.15, 0.2) is 0 Å². The summed E-state index contributed by atoms with van der Waals surface area (Å²) in [5, 5.41) is 2.17. The standard InChI is InChI=1S/C15H15NO/c1-11(16)7-8-12-9-10-15(17-2)14-6-4-3-5-13(12)14/h3-6,9-11H,16H2,1-2H3. The van der Waals surface area contributed by atoms with Gasteiger partial charge < -0.3 is 10.5 Å². The molecule has 0 aliphatic heterocycles. The van der Waals surface area contributed by atoms with E-state index >= 15 is 0 Å². The highest BCUT2D eigenvalue weighted by atomic mass is 16.5. The van der Waals surface area contributed by atoms with Crippen LogP contribution < -0.4 is 10.5 Å². The van der Waals surface area contributed by atoms with E-state index in [0.29, 0.717) is 0 Å². The summed E-state index contributed by atoms with van der Waals surface area (Å²) >= 11 is 0. The molecule has 0 bridgehead atoms. The van der Waals surface area contributed by atoms with E-state index in [2.05, 4.69) is 11.8 Å². The maximum Gasteiger partial charge on any atom is 0.126 e. The van der Waals surface area contributed by atoms with Gasteiger partial charge in [-0.3, -0.25) is 0 Å². The van der Waals surface area contributed by atoms with Crippen LogP contribution in [0.3, 0.4) is 0 Å². The Kier molecular flexibility index (Phi) is 3.32. The number of nitrogens with two attached hydrogens (primary N) is 1. The molecule has 0 aromatic heterocycles. The maximum absolute atomic E-state index is 5.64. The van der Waals surface area contributed by atoms with Crippen LogP contribution in [0.4, 0.5) is 0 Å². The van der Waals surface area contributed by atoms with Crippen LogP contribution in [0, 0.1) is 11.8 Å². The lowest BCUT2D eigenvalue weighted by atomic mass is 10.0. The molecule has 17 heavy (non-hydrogen) atoms. The van der Waals surface area contributed by atoms with Crippen LogP contribution in [0.25, 0.3) is 10.8 Å². The van der Waals surface area contributed by atoms with Crippen LogP contribution in [-0.4, -0.2) is 13.2 Å². The van der Waals surface area contributed by atoms with Crippen molar-refractivity contribution in [2.75, 3.05) is 7.11 Å². The zero-order chi connectivity index (χ0) is 12.3. The van der Waals surface area contributed by atoms with E-state index in [-0.39, 0.29) is 6.04 Å². The lowest BCUT2D eigenvalue weighted by Gasteiger charge is -2.06. The third-order valence-electron chi connectivity index (χ3n) is 2.54. The zero-order valence-corrected chi connectivity index (χ0v) is 10.0. The van der Waals surface area contributed by atoms with E-state index in [1.165, 1.54) is 0 Å². The van der Waals surface area contributed by atoms with Crippen LogP contribution in [0.5, 0.6) is 5.75 Å². The van der Waals surface area contributed by atoms with E-state index in [4.69, 9.17) is 10.5 Å². The third-order valence-corrected chi connectivity index (χ3v) is 2.54. The van der Waals surface area contributed by atoms with Gasteiger partial charge in [0.05, 0.1) is 13.2 Å². The summed E-state index contributed by atoms with van der Waals surface area (Å²) in [7, 11) is 1.68. The number of methoxy groups -OCH3 is 1. The summed E-state index contributed by atoms with van der Waals surface area (Å²) in [6, 6.07) is 11.9. The highest BCUT2D eigenvalue weighted by molar-refractivity contribution is 5.93. The fourth-order valence-electron chi connectivity index (χ4n) is 1.75. The molecule has 0 spiro atoms. The second-order valence-electron chi connectivity index (χ2n) is 3.92. The fourth-order valence-corrected chi connectivity index (χ4v) is 1.75. The molecular weight excluding hydrogens is 210 g/mol. The van der Waals surface area contributed by atoms with Crippen molar-refractivity contribution in [1.82, 2.24) is 0 Å². The zero-order valence-electron chi connectivity index (χ0n) is 10.0. The lowest BCUT2D eigenvalue weighted by molar-refractivity contribution is 0.420. The molecule has 2 aromatic rings. The maximum atomic E-state index is 5.64. The molecule has 2 heteroatoms. The molecule has 0 aliphatic rings. The average molecular weight is 225 g/mol. The van der Waals surface area contributed by atoms with Gasteiger partial charge in [-0.05, 0) is 19.1 Å². The van der Waals surface area contributed by atoms with Crippen molar-refractivity contribution in [3.63, 3.8) is 0 Å². The highest BCUT2D eigenvalue weighted by Crippen LogP contribution is 2.27.